The molecule has 170 valence electrons. The molecule has 0 heterocycles. The Morgan fingerprint density at radius 1 is 1.16 bits per heavy atom. The first-order chi connectivity index (χ1) is 15.3. The molecule has 0 fully saturated rings. The third-order valence-electron chi connectivity index (χ3n) is 4.72. The van der Waals surface area contributed by atoms with Crippen molar-refractivity contribution in [2.24, 2.45) is 0 Å². The molecule has 2 rings (SSSR count). The van der Waals surface area contributed by atoms with Gasteiger partial charge in [0.2, 0.25) is 0 Å². The highest BCUT2D eigenvalue weighted by Gasteiger charge is 2.18. The summed E-state index contributed by atoms with van der Waals surface area (Å²) in [4.78, 5) is 25.4. The molecule has 0 bridgehead atoms. The zero-order valence-electron chi connectivity index (χ0n) is 18.2. The van der Waals surface area contributed by atoms with Crippen molar-refractivity contribution in [2.45, 2.75) is 37.5 Å². The maximum absolute atomic E-state index is 12.7. The van der Waals surface area contributed by atoms with Gasteiger partial charge in [0.25, 0.3) is 15.9 Å². The van der Waals surface area contributed by atoms with E-state index in [0.717, 1.165) is 24.8 Å². The number of amides is 1. The molecule has 0 radical (unpaired) electrons. The number of aryl methyl sites for hydroxylation is 1. The largest absolute Gasteiger partial charge is 0.452 e. The van der Waals surface area contributed by atoms with E-state index in [4.69, 9.17) is 10.00 Å². The van der Waals surface area contributed by atoms with Crippen molar-refractivity contribution < 1.29 is 22.7 Å². The van der Waals surface area contributed by atoms with E-state index in [1.165, 1.54) is 36.2 Å². The number of carbonyl (C=O) groups excluding carboxylic acids is 2. The second-order valence-electron chi connectivity index (χ2n) is 7.23. The SMILES string of the molecule is CCCCc1ccc(NS(=O)(=O)c2cccc(C(=O)OCC(=O)N(C)CCC#N)c2)cc1. The zero-order valence-corrected chi connectivity index (χ0v) is 19.0. The molecule has 2 aromatic carbocycles. The number of anilines is 1. The summed E-state index contributed by atoms with van der Waals surface area (Å²) >= 11 is 0. The van der Waals surface area contributed by atoms with Crippen LogP contribution in [0.3, 0.4) is 0 Å². The van der Waals surface area contributed by atoms with Gasteiger partial charge < -0.3 is 9.64 Å². The summed E-state index contributed by atoms with van der Waals surface area (Å²) in [6.45, 7) is 1.84. The van der Waals surface area contributed by atoms with Crippen molar-refractivity contribution in [2.75, 3.05) is 24.9 Å². The van der Waals surface area contributed by atoms with Gasteiger partial charge in [-0.1, -0.05) is 31.5 Å². The summed E-state index contributed by atoms with van der Waals surface area (Å²) in [7, 11) is -2.42. The molecule has 0 unspecified atom stereocenters. The fourth-order valence-corrected chi connectivity index (χ4v) is 3.89. The van der Waals surface area contributed by atoms with Crippen LogP contribution in [0.2, 0.25) is 0 Å². The smallest absolute Gasteiger partial charge is 0.338 e. The summed E-state index contributed by atoms with van der Waals surface area (Å²) in [5.74, 6) is -1.27. The predicted molar refractivity (Wildman–Crippen MR) is 120 cm³/mol. The standard InChI is InChI=1S/C23H27N3O5S/c1-3-4-7-18-10-12-20(13-11-18)25-32(29,30)21-9-5-8-19(16-21)23(28)31-17-22(27)26(2)15-6-14-24/h5,8-13,16,25H,3-4,6-7,15,17H2,1-2H3. The molecule has 0 saturated heterocycles. The van der Waals surface area contributed by atoms with Crippen LogP contribution < -0.4 is 4.72 Å². The van der Waals surface area contributed by atoms with Crippen molar-refractivity contribution in [3.63, 3.8) is 0 Å². The first kappa shape index (κ1) is 24.9. The molecule has 1 N–H and O–H groups in total. The third-order valence-corrected chi connectivity index (χ3v) is 6.10. The topological polar surface area (TPSA) is 117 Å². The number of unbranched alkanes of at least 4 members (excludes halogenated alkanes) is 1. The molecular formula is C23H27N3O5S. The Balaban J connectivity index is 2.03. The van der Waals surface area contributed by atoms with Gasteiger partial charge in [-0.25, -0.2) is 13.2 Å². The Kier molecular flexibility index (Phi) is 9.22. The number of sulfonamides is 1. The summed E-state index contributed by atoms with van der Waals surface area (Å²) in [5.41, 5.74) is 1.56. The minimum atomic E-state index is -3.92. The summed E-state index contributed by atoms with van der Waals surface area (Å²) in [5, 5.41) is 8.56. The number of ether oxygens (including phenoxy) is 1. The molecule has 0 aliphatic heterocycles. The number of likely N-dealkylation sites (N-methyl/N-ethyl adjacent to an activating group) is 1. The number of hydrogen-bond acceptors (Lipinski definition) is 6. The van der Waals surface area contributed by atoms with Crippen LogP contribution in [-0.4, -0.2) is 45.4 Å². The Morgan fingerprint density at radius 3 is 2.53 bits per heavy atom. The quantitative estimate of drug-likeness (QED) is 0.517. The van der Waals surface area contributed by atoms with E-state index in [-0.39, 0.29) is 23.4 Å². The third kappa shape index (κ3) is 7.39. The van der Waals surface area contributed by atoms with Gasteiger partial charge in [0.15, 0.2) is 6.61 Å². The summed E-state index contributed by atoms with van der Waals surface area (Å²) < 4.78 is 33.0. The summed E-state index contributed by atoms with van der Waals surface area (Å²) in [6, 6.07) is 14.5. The molecule has 0 saturated carbocycles. The molecular weight excluding hydrogens is 430 g/mol. The zero-order chi connectivity index (χ0) is 23.6. The van der Waals surface area contributed by atoms with E-state index in [1.807, 2.05) is 18.2 Å². The fourth-order valence-electron chi connectivity index (χ4n) is 2.79. The first-order valence-corrected chi connectivity index (χ1v) is 11.7. The van der Waals surface area contributed by atoms with Crippen LogP contribution in [0, 0.1) is 11.3 Å². The molecule has 8 nitrogen and oxygen atoms in total. The number of nitrogens with one attached hydrogen (secondary N) is 1. The van der Waals surface area contributed by atoms with E-state index >= 15 is 0 Å². The molecule has 0 spiro atoms. The lowest BCUT2D eigenvalue weighted by molar-refractivity contribution is -0.133. The van der Waals surface area contributed by atoms with Gasteiger partial charge in [-0.15, -0.1) is 0 Å². The van der Waals surface area contributed by atoms with Gasteiger partial charge >= 0.3 is 5.97 Å². The average molecular weight is 458 g/mol. The second kappa shape index (κ2) is 11.9. The lowest BCUT2D eigenvalue weighted by Crippen LogP contribution is -2.31. The monoisotopic (exact) mass is 457 g/mol. The van der Waals surface area contributed by atoms with E-state index in [2.05, 4.69) is 11.6 Å². The van der Waals surface area contributed by atoms with Gasteiger partial charge in [-0.2, -0.15) is 5.26 Å². The highest BCUT2D eigenvalue weighted by Crippen LogP contribution is 2.19. The summed E-state index contributed by atoms with van der Waals surface area (Å²) in [6.07, 6.45) is 3.25. The highest BCUT2D eigenvalue weighted by atomic mass is 32.2. The van der Waals surface area contributed by atoms with Crippen molar-refractivity contribution >= 4 is 27.6 Å². The van der Waals surface area contributed by atoms with Gasteiger partial charge in [-0.3, -0.25) is 9.52 Å². The molecule has 1 amide bonds. The van der Waals surface area contributed by atoms with Crippen LogP contribution in [0.25, 0.3) is 0 Å². The lowest BCUT2D eigenvalue weighted by Gasteiger charge is -2.15. The predicted octanol–water partition coefficient (Wildman–Crippen LogP) is 3.36. The number of nitriles is 1. The average Bonchev–Trinajstić information content (AvgIpc) is 2.80. The number of rotatable bonds is 11. The molecule has 2 aromatic rings. The number of nitrogens with zero attached hydrogens (tertiary/aromatic N) is 2. The highest BCUT2D eigenvalue weighted by molar-refractivity contribution is 7.92. The minimum Gasteiger partial charge on any atom is -0.452 e. The molecule has 0 aromatic heterocycles. The van der Waals surface area contributed by atoms with Crippen molar-refractivity contribution in [3.05, 3.63) is 59.7 Å². The number of hydrogen-bond donors (Lipinski definition) is 1. The van der Waals surface area contributed by atoms with Gasteiger partial charge in [0.1, 0.15) is 0 Å². The van der Waals surface area contributed by atoms with Crippen molar-refractivity contribution in [1.82, 2.24) is 4.90 Å². The van der Waals surface area contributed by atoms with E-state index in [1.54, 1.807) is 12.1 Å². The van der Waals surface area contributed by atoms with Crippen LogP contribution in [0.15, 0.2) is 53.4 Å². The molecule has 0 aliphatic carbocycles. The second-order valence-corrected chi connectivity index (χ2v) is 8.92. The Morgan fingerprint density at radius 2 is 1.88 bits per heavy atom. The molecule has 32 heavy (non-hydrogen) atoms. The Hall–Kier alpha value is -3.38. The fraction of sp³-hybridized carbons (Fsp3) is 0.348. The minimum absolute atomic E-state index is 0.00951. The first-order valence-electron chi connectivity index (χ1n) is 10.3. The van der Waals surface area contributed by atoms with Crippen molar-refractivity contribution in [1.29, 1.82) is 5.26 Å². The van der Waals surface area contributed by atoms with E-state index < -0.39 is 28.5 Å². The van der Waals surface area contributed by atoms with Gasteiger partial charge in [0, 0.05) is 19.3 Å². The van der Waals surface area contributed by atoms with Crippen LogP contribution in [0.1, 0.15) is 42.1 Å². The maximum Gasteiger partial charge on any atom is 0.338 e. The molecule has 0 aliphatic rings. The van der Waals surface area contributed by atoms with E-state index in [9.17, 15) is 18.0 Å². The molecule has 9 heteroatoms. The van der Waals surface area contributed by atoms with E-state index in [0.29, 0.717) is 5.69 Å². The van der Waals surface area contributed by atoms with Gasteiger partial charge in [-0.05, 0) is 48.7 Å². The number of carbonyl (C=O) groups is 2. The number of benzene rings is 2. The van der Waals surface area contributed by atoms with Crippen molar-refractivity contribution in [3.8, 4) is 6.07 Å². The van der Waals surface area contributed by atoms with Crippen LogP contribution in [0.5, 0.6) is 0 Å². The lowest BCUT2D eigenvalue weighted by atomic mass is 10.1. The van der Waals surface area contributed by atoms with Crippen LogP contribution in [0.4, 0.5) is 5.69 Å². The normalized spacial score (nSPS) is 10.8. The Labute approximate surface area is 188 Å². The van der Waals surface area contributed by atoms with Crippen LogP contribution in [-0.2, 0) is 26.0 Å². The Bertz CT molecular complexity index is 1080. The van der Waals surface area contributed by atoms with Crippen LogP contribution >= 0.6 is 0 Å². The maximum atomic E-state index is 12.7. The van der Waals surface area contributed by atoms with Gasteiger partial charge in [0.05, 0.1) is 22.9 Å². The number of esters is 1. The molecule has 0 atom stereocenters.